The molecule has 0 fully saturated rings. The number of carbonyl (C=O) groups excluding carboxylic acids is 1. The van der Waals surface area contributed by atoms with Gasteiger partial charge in [-0.05, 0) is 60.0 Å². The lowest BCUT2D eigenvalue weighted by molar-refractivity contribution is -0.143. The van der Waals surface area contributed by atoms with Crippen LogP contribution in [0.1, 0.15) is 35.2 Å². The summed E-state index contributed by atoms with van der Waals surface area (Å²) >= 11 is 6.24. The summed E-state index contributed by atoms with van der Waals surface area (Å²) in [7, 11) is 0. The number of hydrogen-bond acceptors (Lipinski definition) is 3. The van der Waals surface area contributed by atoms with E-state index >= 15 is 0 Å². The number of aromatic nitrogens is 1. The number of aliphatic hydroxyl groups excluding tert-OH is 1. The molecule has 1 amide bonds. The van der Waals surface area contributed by atoms with Gasteiger partial charge in [-0.25, -0.2) is 9.37 Å². The molecule has 12 heteroatoms. The van der Waals surface area contributed by atoms with E-state index in [1.807, 2.05) is 0 Å². The molecule has 0 aliphatic rings. The van der Waals surface area contributed by atoms with Gasteiger partial charge in [0.25, 0.3) is 0 Å². The first-order valence-electron chi connectivity index (χ1n) is 10.3. The molecule has 1 atom stereocenters. The third-order valence-corrected chi connectivity index (χ3v) is 5.83. The summed E-state index contributed by atoms with van der Waals surface area (Å²) in [4.78, 5) is 17.5. The topological polar surface area (TPSA) is 53.4 Å². The molecule has 2 aromatic carbocycles. The van der Waals surface area contributed by atoms with E-state index in [0.717, 1.165) is 4.90 Å². The predicted octanol–water partition coefficient (Wildman–Crippen LogP) is 6.66. The number of amides is 1. The van der Waals surface area contributed by atoms with Gasteiger partial charge in [0.1, 0.15) is 17.6 Å². The molecule has 1 heterocycles. The number of halogens is 8. The van der Waals surface area contributed by atoms with E-state index in [1.54, 1.807) is 0 Å². The molecular weight excluding hydrogens is 517 g/mol. The van der Waals surface area contributed by atoms with Crippen molar-refractivity contribution in [2.24, 2.45) is 0 Å². The smallest absolute Gasteiger partial charge is 0.387 e. The van der Waals surface area contributed by atoms with E-state index in [-0.39, 0.29) is 16.8 Å². The maximum Gasteiger partial charge on any atom is 0.416 e. The highest BCUT2D eigenvalue weighted by molar-refractivity contribution is 6.30. The maximum absolute atomic E-state index is 13.4. The number of alkyl halides is 6. The van der Waals surface area contributed by atoms with E-state index in [4.69, 9.17) is 11.6 Å². The van der Waals surface area contributed by atoms with Crippen LogP contribution in [0.2, 0.25) is 5.15 Å². The molecular formula is C24H18ClF7N2O2. The molecule has 192 valence electrons. The van der Waals surface area contributed by atoms with Crippen molar-refractivity contribution in [3.63, 3.8) is 0 Å². The standard InChI is InChI=1S/C24H18ClF7N2O2/c1-13(15-8-16(23(27,28)29)10-17(9-15)24(30,31)32)34(21(36)12-35)11-20-19(6-7-33-22(20)25)14-2-4-18(26)5-3-14/h2-10,13,35H,11-12H2,1H3. The van der Waals surface area contributed by atoms with Gasteiger partial charge in [-0.2, -0.15) is 26.3 Å². The maximum atomic E-state index is 13.4. The van der Waals surface area contributed by atoms with Crippen LogP contribution < -0.4 is 0 Å². The van der Waals surface area contributed by atoms with Crippen LogP contribution in [0.3, 0.4) is 0 Å². The molecule has 3 rings (SSSR count). The summed E-state index contributed by atoms with van der Waals surface area (Å²) in [5.41, 5.74) is -2.47. The normalized spacial score (nSPS) is 12.9. The van der Waals surface area contributed by atoms with Crippen LogP contribution in [-0.2, 0) is 23.7 Å². The molecule has 36 heavy (non-hydrogen) atoms. The molecule has 0 aliphatic carbocycles. The van der Waals surface area contributed by atoms with Gasteiger partial charge in [0.15, 0.2) is 0 Å². The number of pyridine rings is 1. The van der Waals surface area contributed by atoms with Crippen LogP contribution in [0.25, 0.3) is 11.1 Å². The Bertz CT molecular complexity index is 1210. The fourth-order valence-electron chi connectivity index (χ4n) is 3.62. The summed E-state index contributed by atoms with van der Waals surface area (Å²) in [6.45, 7) is -0.262. The van der Waals surface area contributed by atoms with Crippen molar-refractivity contribution >= 4 is 17.5 Å². The fraction of sp³-hybridized carbons (Fsp3) is 0.250. The molecule has 0 radical (unpaired) electrons. The zero-order chi connectivity index (χ0) is 26.8. The fourth-order valence-corrected chi connectivity index (χ4v) is 3.84. The van der Waals surface area contributed by atoms with Crippen LogP contribution >= 0.6 is 11.6 Å². The van der Waals surface area contributed by atoms with Gasteiger partial charge in [-0.15, -0.1) is 0 Å². The van der Waals surface area contributed by atoms with Crippen molar-refractivity contribution in [1.82, 2.24) is 9.88 Å². The zero-order valence-corrected chi connectivity index (χ0v) is 19.2. The summed E-state index contributed by atoms with van der Waals surface area (Å²) in [5.74, 6) is -1.49. The molecule has 0 saturated heterocycles. The highest BCUT2D eigenvalue weighted by Gasteiger charge is 2.38. The van der Waals surface area contributed by atoms with E-state index in [2.05, 4.69) is 4.98 Å². The predicted molar refractivity (Wildman–Crippen MR) is 117 cm³/mol. The molecule has 3 aromatic rings. The Balaban J connectivity index is 2.11. The molecule has 0 aliphatic heterocycles. The number of benzene rings is 2. The van der Waals surface area contributed by atoms with Crippen LogP contribution in [0.5, 0.6) is 0 Å². The molecule has 4 nitrogen and oxygen atoms in total. The number of aliphatic hydroxyl groups is 1. The van der Waals surface area contributed by atoms with E-state index in [0.29, 0.717) is 23.3 Å². The lowest BCUT2D eigenvalue weighted by Gasteiger charge is -2.31. The van der Waals surface area contributed by atoms with Gasteiger partial charge < -0.3 is 10.0 Å². The zero-order valence-electron chi connectivity index (χ0n) is 18.5. The second kappa shape index (κ2) is 10.4. The largest absolute Gasteiger partial charge is 0.416 e. The van der Waals surface area contributed by atoms with Gasteiger partial charge in [-0.3, -0.25) is 4.79 Å². The minimum Gasteiger partial charge on any atom is -0.387 e. The van der Waals surface area contributed by atoms with Crippen molar-refractivity contribution in [3.8, 4) is 11.1 Å². The Morgan fingerprint density at radius 1 is 1.00 bits per heavy atom. The second-order valence-electron chi connectivity index (χ2n) is 7.83. The average Bonchev–Trinajstić information content (AvgIpc) is 2.81. The lowest BCUT2D eigenvalue weighted by atomic mass is 9.97. The minimum absolute atomic E-state index is 0.0148. The number of carbonyl (C=O) groups is 1. The van der Waals surface area contributed by atoms with Crippen molar-refractivity contribution in [2.45, 2.75) is 31.9 Å². The van der Waals surface area contributed by atoms with E-state index in [1.165, 1.54) is 43.5 Å². The van der Waals surface area contributed by atoms with Crippen LogP contribution in [-0.4, -0.2) is 27.5 Å². The van der Waals surface area contributed by atoms with Crippen LogP contribution in [0, 0.1) is 5.82 Å². The van der Waals surface area contributed by atoms with Crippen molar-refractivity contribution in [2.75, 3.05) is 6.61 Å². The Morgan fingerprint density at radius 3 is 2.06 bits per heavy atom. The molecule has 0 bridgehead atoms. The first kappa shape index (κ1) is 27.4. The van der Waals surface area contributed by atoms with Gasteiger partial charge in [0, 0.05) is 18.3 Å². The second-order valence-corrected chi connectivity index (χ2v) is 8.19. The van der Waals surface area contributed by atoms with Gasteiger partial charge in [-0.1, -0.05) is 23.7 Å². The Labute approximate surface area is 205 Å². The van der Waals surface area contributed by atoms with Gasteiger partial charge in [0.2, 0.25) is 5.91 Å². The number of rotatable bonds is 6. The molecule has 1 aromatic heterocycles. The Kier molecular flexibility index (Phi) is 7.94. The van der Waals surface area contributed by atoms with E-state index in [9.17, 15) is 40.6 Å². The average molecular weight is 535 g/mol. The Morgan fingerprint density at radius 2 is 1.56 bits per heavy atom. The first-order chi connectivity index (χ1) is 16.7. The first-order valence-corrected chi connectivity index (χ1v) is 10.7. The third-order valence-electron chi connectivity index (χ3n) is 5.50. The van der Waals surface area contributed by atoms with Gasteiger partial charge in [0.05, 0.1) is 17.2 Å². The molecule has 1 N–H and O–H groups in total. The van der Waals surface area contributed by atoms with Crippen LogP contribution in [0.4, 0.5) is 30.7 Å². The summed E-state index contributed by atoms with van der Waals surface area (Å²) < 4.78 is 93.5. The summed E-state index contributed by atoms with van der Waals surface area (Å²) in [6.07, 6.45) is -8.82. The minimum atomic E-state index is -5.08. The third kappa shape index (κ3) is 6.14. The molecule has 1 unspecified atom stereocenters. The van der Waals surface area contributed by atoms with Crippen molar-refractivity contribution in [1.29, 1.82) is 0 Å². The highest BCUT2D eigenvalue weighted by atomic mass is 35.5. The molecule has 0 saturated carbocycles. The van der Waals surface area contributed by atoms with E-state index < -0.39 is 60.0 Å². The lowest BCUT2D eigenvalue weighted by Crippen LogP contribution is -2.35. The number of hydrogen-bond donors (Lipinski definition) is 1. The number of nitrogens with zero attached hydrogens (tertiary/aromatic N) is 2. The highest BCUT2D eigenvalue weighted by Crippen LogP contribution is 2.39. The SMILES string of the molecule is CC(c1cc(C(F)(F)F)cc(C(F)(F)F)c1)N(Cc1c(-c2ccc(F)cc2)ccnc1Cl)C(=O)CO. The van der Waals surface area contributed by atoms with Crippen molar-refractivity contribution in [3.05, 3.63) is 88.0 Å². The monoisotopic (exact) mass is 534 g/mol. The van der Waals surface area contributed by atoms with Gasteiger partial charge >= 0.3 is 12.4 Å². The summed E-state index contributed by atoms with van der Waals surface area (Å²) in [6, 6.07) is 6.38. The quantitative estimate of drug-likeness (QED) is 0.284. The Hall–Kier alpha value is -3.18. The molecule has 0 spiro atoms. The van der Waals surface area contributed by atoms with Crippen molar-refractivity contribution < 1.29 is 40.6 Å². The summed E-state index contributed by atoms with van der Waals surface area (Å²) in [5, 5.41) is 9.39. The van der Waals surface area contributed by atoms with Crippen LogP contribution in [0.15, 0.2) is 54.7 Å².